The molecule has 0 spiro atoms. The lowest BCUT2D eigenvalue weighted by atomic mass is 10.2. The average Bonchev–Trinajstić information content (AvgIpc) is 3.08. The first-order valence-corrected chi connectivity index (χ1v) is 7.91. The van der Waals surface area contributed by atoms with E-state index in [0.29, 0.717) is 21.3 Å². The Kier molecular flexibility index (Phi) is 3.81. The van der Waals surface area contributed by atoms with Gasteiger partial charge in [0.15, 0.2) is 5.13 Å². The Hall–Kier alpha value is -2.05. The molecule has 1 amide bonds. The molecule has 2 aromatic heterocycles. The number of aromatic nitrogens is 1. The van der Waals surface area contributed by atoms with Gasteiger partial charge in [-0.05, 0) is 31.2 Å². The smallest absolute Gasteiger partial charge is 0.267 e. The fraction of sp³-hybridized carbons (Fsp3) is 0.0667. The number of thiazole rings is 1. The molecule has 0 fully saturated rings. The normalized spacial score (nSPS) is 10.6. The van der Waals surface area contributed by atoms with Gasteiger partial charge in [-0.25, -0.2) is 9.37 Å². The molecule has 2 heterocycles. The van der Waals surface area contributed by atoms with Crippen LogP contribution in [-0.4, -0.2) is 10.9 Å². The number of nitrogens with one attached hydrogen (secondary N) is 1. The second-order valence-electron chi connectivity index (χ2n) is 4.41. The number of carbonyl (C=O) groups is 1. The van der Waals surface area contributed by atoms with Crippen molar-refractivity contribution in [2.75, 3.05) is 5.32 Å². The molecule has 0 aliphatic rings. The van der Waals surface area contributed by atoms with E-state index < -0.39 is 0 Å². The summed E-state index contributed by atoms with van der Waals surface area (Å²) in [5, 5.41) is 5.06. The molecular weight excluding hydrogens is 307 g/mol. The molecule has 3 aromatic rings. The van der Waals surface area contributed by atoms with Gasteiger partial charge in [0.25, 0.3) is 5.91 Å². The number of thiophene rings is 1. The second-order valence-corrected chi connectivity index (χ2v) is 6.56. The molecule has 0 unspecified atom stereocenters. The number of carbonyl (C=O) groups excluding carboxylic acids is 1. The molecule has 1 aromatic carbocycles. The highest BCUT2D eigenvalue weighted by molar-refractivity contribution is 7.15. The highest BCUT2D eigenvalue weighted by Crippen LogP contribution is 2.26. The Morgan fingerprint density at radius 3 is 2.86 bits per heavy atom. The van der Waals surface area contributed by atoms with Gasteiger partial charge in [0.2, 0.25) is 0 Å². The SMILES string of the molecule is Cc1ccc(C(=O)Nc2nc(-c3cccc(F)c3)cs2)s1. The maximum atomic E-state index is 13.2. The van der Waals surface area contributed by atoms with Crippen molar-refractivity contribution in [3.8, 4) is 11.3 Å². The molecule has 3 rings (SSSR count). The number of nitrogens with zero attached hydrogens (tertiary/aromatic N) is 1. The maximum Gasteiger partial charge on any atom is 0.267 e. The van der Waals surface area contributed by atoms with Gasteiger partial charge in [0.1, 0.15) is 5.82 Å². The van der Waals surface area contributed by atoms with Crippen LogP contribution in [0.1, 0.15) is 14.5 Å². The predicted molar refractivity (Wildman–Crippen MR) is 84.5 cm³/mol. The number of rotatable bonds is 3. The molecule has 0 aliphatic heterocycles. The van der Waals surface area contributed by atoms with Gasteiger partial charge < -0.3 is 0 Å². The molecule has 0 atom stereocenters. The van der Waals surface area contributed by atoms with Crippen LogP contribution in [0.15, 0.2) is 41.8 Å². The van der Waals surface area contributed by atoms with Crippen molar-refractivity contribution in [3.63, 3.8) is 0 Å². The molecule has 0 saturated heterocycles. The highest BCUT2D eigenvalue weighted by Gasteiger charge is 2.11. The monoisotopic (exact) mass is 318 g/mol. The van der Waals surface area contributed by atoms with Crippen LogP contribution in [0.2, 0.25) is 0 Å². The predicted octanol–water partition coefficient (Wildman–Crippen LogP) is 4.57. The van der Waals surface area contributed by atoms with Crippen molar-refractivity contribution in [2.24, 2.45) is 0 Å². The van der Waals surface area contributed by atoms with Gasteiger partial charge in [-0.15, -0.1) is 22.7 Å². The zero-order chi connectivity index (χ0) is 14.8. The van der Waals surface area contributed by atoms with Crippen molar-refractivity contribution in [2.45, 2.75) is 6.92 Å². The first-order valence-electron chi connectivity index (χ1n) is 6.21. The first-order chi connectivity index (χ1) is 10.1. The van der Waals surface area contributed by atoms with Crippen molar-refractivity contribution >= 4 is 33.7 Å². The number of hydrogen-bond acceptors (Lipinski definition) is 4. The Balaban J connectivity index is 1.78. The molecule has 6 heteroatoms. The zero-order valence-corrected chi connectivity index (χ0v) is 12.7. The van der Waals surface area contributed by atoms with Crippen LogP contribution in [0.3, 0.4) is 0 Å². The summed E-state index contributed by atoms with van der Waals surface area (Å²) in [4.78, 5) is 18.1. The van der Waals surface area contributed by atoms with Crippen molar-refractivity contribution in [1.29, 1.82) is 0 Å². The average molecular weight is 318 g/mol. The lowest BCUT2D eigenvalue weighted by Gasteiger charge is -1.98. The van der Waals surface area contributed by atoms with Gasteiger partial charge in [-0.2, -0.15) is 0 Å². The summed E-state index contributed by atoms with van der Waals surface area (Å²) < 4.78 is 13.2. The van der Waals surface area contributed by atoms with E-state index in [4.69, 9.17) is 0 Å². The zero-order valence-electron chi connectivity index (χ0n) is 11.1. The lowest BCUT2D eigenvalue weighted by Crippen LogP contribution is -2.09. The Bertz CT molecular complexity index is 794. The van der Waals surface area contributed by atoms with Crippen molar-refractivity contribution in [3.05, 3.63) is 57.3 Å². The number of aryl methyl sites for hydroxylation is 1. The summed E-state index contributed by atoms with van der Waals surface area (Å²) in [6, 6.07) is 9.92. The number of amides is 1. The van der Waals surface area contributed by atoms with Gasteiger partial charge in [0, 0.05) is 15.8 Å². The standard InChI is InChI=1S/C15H11FN2OS2/c1-9-5-6-13(21-9)14(19)18-15-17-12(8-20-15)10-3-2-4-11(16)7-10/h2-8H,1H3,(H,17,18,19). The van der Waals surface area contributed by atoms with Gasteiger partial charge in [-0.3, -0.25) is 10.1 Å². The maximum absolute atomic E-state index is 13.2. The van der Waals surface area contributed by atoms with Crippen molar-refractivity contribution < 1.29 is 9.18 Å². The Labute approximate surface area is 129 Å². The van der Waals surface area contributed by atoms with E-state index in [2.05, 4.69) is 10.3 Å². The van der Waals surface area contributed by atoms with Crippen LogP contribution in [-0.2, 0) is 0 Å². The number of benzene rings is 1. The third-order valence-corrected chi connectivity index (χ3v) is 4.57. The Morgan fingerprint density at radius 1 is 1.29 bits per heavy atom. The van der Waals surface area contributed by atoms with Gasteiger partial charge >= 0.3 is 0 Å². The molecule has 0 saturated carbocycles. The van der Waals surface area contributed by atoms with Gasteiger partial charge in [-0.1, -0.05) is 12.1 Å². The fourth-order valence-electron chi connectivity index (χ4n) is 1.83. The third-order valence-electron chi connectivity index (χ3n) is 2.81. The van der Waals surface area contributed by atoms with E-state index in [0.717, 1.165) is 4.88 Å². The number of anilines is 1. The van der Waals surface area contributed by atoms with E-state index in [1.165, 1.54) is 34.8 Å². The molecular formula is C15H11FN2OS2. The van der Waals surface area contributed by atoms with E-state index in [9.17, 15) is 9.18 Å². The molecule has 106 valence electrons. The summed E-state index contributed by atoms with van der Waals surface area (Å²) in [5.41, 5.74) is 1.34. The summed E-state index contributed by atoms with van der Waals surface area (Å²) in [5.74, 6) is -0.478. The van der Waals surface area contributed by atoms with Crippen LogP contribution in [0.5, 0.6) is 0 Å². The largest absolute Gasteiger partial charge is 0.297 e. The van der Waals surface area contributed by atoms with Crippen LogP contribution in [0.4, 0.5) is 9.52 Å². The fourth-order valence-corrected chi connectivity index (χ4v) is 3.30. The van der Waals surface area contributed by atoms with Crippen LogP contribution >= 0.6 is 22.7 Å². The summed E-state index contributed by atoms with van der Waals surface area (Å²) in [7, 11) is 0. The molecule has 0 bridgehead atoms. The lowest BCUT2D eigenvalue weighted by molar-refractivity contribution is 0.103. The third kappa shape index (κ3) is 3.17. The van der Waals surface area contributed by atoms with E-state index in [1.54, 1.807) is 23.6 Å². The summed E-state index contributed by atoms with van der Waals surface area (Å²) in [6.45, 7) is 1.95. The molecule has 21 heavy (non-hydrogen) atoms. The van der Waals surface area contributed by atoms with E-state index in [-0.39, 0.29) is 11.7 Å². The van der Waals surface area contributed by atoms with Crippen LogP contribution < -0.4 is 5.32 Å². The molecule has 1 N–H and O–H groups in total. The number of halogens is 1. The van der Waals surface area contributed by atoms with Gasteiger partial charge in [0.05, 0.1) is 10.6 Å². The minimum atomic E-state index is -0.305. The molecule has 0 aliphatic carbocycles. The highest BCUT2D eigenvalue weighted by atomic mass is 32.1. The van der Waals surface area contributed by atoms with E-state index in [1.807, 2.05) is 13.0 Å². The van der Waals surface area contributed by atoms with Crippen LogP contribution in [0, 0.1) is 12.7 Å². The minimum Gasteiger partial charge on any atom is -0.297 e. The van der Waals surface area contributed by atoms with Crippen LogP contribution in [0.25, 0.3) is 11.3 Å². The quantitative estimate of drug-likeness (QED) is 0.768. The summed E-state index contributed by atoms with van der Waals surface area (Å²) in [6.07, 6.45) is 0. The van der Waals surface area contributed by atoms with E-state index >= 15 is 0 Å². The minimum absolute atomic E-state index is 0.173. The summed E-state index contributed by atoms with van der Waals surface area (Å²) >= 11 is 2.75. The molecule has 3 nitrogen and oxygen atoms in total. The second kappa shape index (κ2) is 5.75. The molecule has 0 radical (unpaired) electrons. The first kappa shape index (κ1) is 13.9. The van der Waals surface area contributed by atoms with Crippen molar-refractivity contribution in [1.82, 2.24) is 4.98 Å². The Morgan fingerprint density at radius 2 is 2.14 bits per heavy atom. The topological polar surface area (TPSA) is 42.0 Å². The number of hydrogen-bond donors (Lipinski definition) is 1.